The van der Waals surface area contributed by atoms with Gasteiger partial charge in [0, 0.05) is 19.1 Å². The largest absolute Gasteiger partial charge is 0.481 e. The summed E-state index contributed by atoms with van der Waals surface area (Å²) in [5.41, 5.74) is 0. The lowest BCUT2D eigenvalue weighted by Crippen LogP contribution is -2.45. The van der Waals surface area contributed by atoms with Crippen molar-refractivity contribution in [3.8, 4) is 0 Å². The third kappa shape index (κ3) is 3.02. The number of hydrogen-bond donors (Lipinski definition) is 1. The van der Waals surface area contributed by atoms with Crippen LogP contribution in [0.1, 0.15) is 32.6 Å². The van der Waals surface area contributed by atoms with Crippen LogP contribution in [0.2, 0.25) is 0 Å². The molecule has 1 unspecified atom stereocenters. The Balaban J connectivity index is 1.79. The molecule has 2 fully saturated rings. The van der Waals surface area contributed by atoms with Crippen molar-refractivity contribution in [1.82, 2.24) is 9.80 Å². The molecule has 1 amide bonds. The number of nitrogens with zero attached hydrogens (tertiary/aromatic N) is 2. The van der Waals surface area contributed by atoms with Gasteiger partial charge in [-0.25, -0.2) is 0 Å². The summed E-state index contributed by atoms with van der Waals surface area (Å²) < 4.78 is 0. The Morgan fingerprint density at radius 3 is 2.33 bits per heavy atom. The van der Waals surface area contributed by atoms with E-state index in [0.29, 0.717) is 38.5 Å². The third-order valence-electron chi connectivity index (χ3n) is 4.23. The van der Waals surface area contributed by atoms with Crippen molar-refractivity contribution in [2.75, 3.05) is 26.2 Å². The number of hydrogen-bond acceptors (Lipinski definition) is 3. The standard InChI is InChI=1S/C13H22N2O3/c1-10-3-2-6-15(10)9-12(16)14-7-4-11(5-8-14)13(17)18/h10-11H,2-9H2,1H3,(H,17,18). The lowest BCUT2D eigenvalue weighted by molar-refractivity contribution is -0.146. The second-order valence-corrected chi connectivity index (χ2v) is 5.46. The first-order chi connectivity index (χ1) is 8.58. The first-order valence-electron chi connectivity index (χ1n) is 6.82. The van der Waals surface area contributed by atoms with Crippen molar-refractivity contribution in [2.45, 2.75) is 38.6 Å². The van der Waals surface area contributed by atoms with Crippen molar-refractivity contribution >= 4 is 11.9 Å². The van der Waals surface area contributed by atoms with Gasteiger partial charge in [-0.15, -0.1) is 0 Å². The molecule has 0 aromatic carbocycles. The molecule has 1 N–H and O–H groups in total. The molecule has 0 radical (unpaired) electrons. The fourth-order valence-corrected chi connectivity index (χ4v) is 2.88. The summed E-state index contributed by atoms with van der Waals surface area (Å²) >= 11 is 0. The lowest BCUT2D eigenvalue weighted by Gasteiger charge is -2.32. The van der Waals surface area contributed by atoms with E-state index in [-0.39, 0.29) is 11.8 Å². The minimum absolute atomic E-state index is 0.160. The number of piperidine rings is 1. The number of aliphatic carboxylic acids is 1. The summed E-state index contributed by atoms with van der Waals surface area (Å²) in [5, 5.41) is 8.92. The van der Waals surface area contributed by atoms with Crippen LogP contribution in [0.25, 0.3) is 0 Å². The van der Waals surface area contributed by atoms with Gasteiger partial charge in [-0.05, 0) is 39.2 Å². The van der Waals surface area contributed by atoms with Gasteiger partial charge >= 0.3 is 5.97 Å². The van der Waals surface area contributed by atoms with Crippen molar-refractivity contribution < 1.29 is 14.7 Å². The second-order valence-electron chi connectivity index (χ2n) is 5.46. The highest BCUT2D eigenvalue weighted by atomic mass is 16.4. The van der Waals surface area contributed by atoms with Crippen LogP contribution in [-0.4, -0.2) is 59.0 Å². The smallest absolute Gasteiger partial charge is 0.306 e. The molecule has 0 bridgehead atoms. The average Bonchev–Trinajstić information content (AvgIpc) is 2.75. The Hall–Kier alpha value is -1.10. The molecule has 102 valence electrons. The van der Waals surface area contributed by atoms with Crippen LogP contribution < -0.4 is 0 Å². The van der Waals surface area contributed by atoms with Gasteiger partial charge in [0.05, 0.1) is 12.5 Å². The Morgan fingerprint density at radius 1 is 1.17 bits per heavy atom. The summed E-state index contributed by atoms with van der Waals surface area (Å²) in [4.78, 5) is 27.0. The molecule has 0 spiro atoms. The van der Waals surface area contributed by atoms with Gasteiger partial charge in [0.15, 0.2) is 0 Å². The maximum absolute atomic E-state index is 12.1. The number of likely N-dealkylation sites (tertiary alicyclic amines) is 2. The van der Waals surface area contributed by atoms with Crippen LogP contribution in [0.15, 0.2) is 0 Å². The van der Waals surface area contributed by atoms with E-state index in [1.807, 2.05) is 4.90 Å². The highest BCUT2D eigenvalue weighted by Crippen LogP contribution is 2.19. The second kappa shape index (κ2) is 5.69. The number of carboxylic acids is 1. The molecule has 2 aliphatic heterocycles. The zero-order chi connectivity index (χ0) is 13.1. The van der Waals surface area contributed by atoms with Crippen LogP contribution in [0, 0.1) is 5.92 Å². The monoisotopic (exact) mass is 254 g/mol. The van der Waals surface area contributed by atoms with E-state index in [2.05, 4.69) is 11.8 Å². The zero-order valence-corrected chi connectivity index (χ0v) is 11.0. The van der Waals surface area contributed by atoms with Gasteiger partial charge in [-0.3, -0.25) is 14.5 Å². The Morgan fingerprint density at radius 2 is 1.83 bits per heavy atom. The van der Waals surface area contributed by atoms with E-state index in [9.17, 15) is 9.59 Å². The number of carbonyl (C=O) groups excluding carboxylic acids is 1. The molecule has 0 aliphatic carbocycles. The van der Waals surface area contributed by atoms with Crippen LogP contribution in [0.4, 0.5) is 0 Å². The van der Waals surface area contributed by atoms with Crippen LogP contribution in [0.3, 0.4) is 0 Å². The van der Waals surface area contributed by atoms with E-state index in [1.54, 1.807) is 0 Å². The molecule has 2 rings (SSSR count). The summed E-state index contributed by atoms with van der Waals surface area (Å²) in [6, 6.07) is 0.505. The molecular formula is C13H22N2O3. The van der Waals surface area contributed by atoms with Gasteiger partial charge < -0.3 is 10.0 Å². The van der Waals surface area contributed by atoms with Crippen molar-refractivity contribution in [1.29, 1.82) is 0 Å². The van der Waals surface area contributed by atoms with E-state index in [4.69, 9.17) is 5.11 Å². The van der Waals surface area contributed by atoms with E-state index in [0.717, 1.165) is 6.54 Å². The first kappa shape index (κ1) is 13.3. The predicted octanol–water partition coefficient (Wildman–Crippen LogP) is 0.794. The molecule has 0 aromatic heterocycles. The van der Waals surface area contributed by atoms with Gasteiger partial charge in [0.25, 0.3) is 0 Å². The highest BCUT2D eigenvalue weighted by Gasteiger charge is 2.29. The molecule has 5 heteroatoms. The van der Waals surface area contributed by atoms with Crippen LogP contribution in [-0.2, 0) is 9.59 Å². The highest BCUT2D eigenvalue weighted by molar-refractivity contribution is 5.79. The quantitative estimate of drug-likeness (QED) is 0.809. The van der Waals surface area contributed by atoms with Crippen molar-refractivity contribution in [3.05, 3.63) is 0 Å². The normalized spacial score (nSPS) is 26.5. The zero-order valence-electron chi connectivity index (χ0n) is 11.0. The summed E-state index contributed by atoms with van der Waals surface area (Å²) in [6.07, 6.45) is 3.54. The number of amides is 1. The summed E-state index contributed by atoms with van der Waals surface area (Å²) in [7, 11) is 0. The topological polar surface area (TPSA) is 60.9 Å². The van der Waals surface area contributed by atoms with Gasteiger partial charge in [0.2, 0.25) is 5.91 Å². The van der Waals surface area contributed by atoms with Crippen molar-refractivity contribution in [2.24, 2.45) is 5.92 Å². The molecule has 1 atom stereocenters. The average molecular weight is 254 g/mol. The SMILES string of the molecule is CC1CCCN1CC(=O)N1CCC(C(=O)O)CC1. The Labute approximate surface area is 108 Å². The molecule has 0 saturated carbocycles. The maximum Gasteiger partial charge on any atom is 0.306 e. The number of carbonyl (C=O) groups is 2. The van der Waals surface area contributed by atoms with E-state index in [1.165, 1.54) is 12.8 Å². The Bertz CT molecular complexity index is 324. The van der Waals surface area contributed by atoms with Gasteiger partial charge in [0.1, 0.15) is 0 Å². The predicted molar refractivity (Wildman–Crippen MR) is 67.2 cm³/mol. The summed E-state index contributed by atoms with van der Waals surface area (Å²) in [6.45, 7) is 4.87. The minimum Gasteiger partial charge on any atom is -0.481 e. The summed E-state index contributed by atoms with van der Waals surface area (Å²) in [5.74, 6) is -0.831. The fraction of sp³-hybridized carbons (Fsp3) is 0.846. The van der Waals surface area contributed by atoms with E-state index >= 15 is 0 Å². The van der Waals surface area contributed by atoms with Gasteiger partial charge in [-0.1, -0.05) is 0 Å². The Kier molecular flexibility index (Phi) is 4.22. The molecule has 5 nitrogen and oxygen atoms in total. The fourth-order valence-electron chi connectivity index (χ4n) is 2.88. The first-order valence-corrected chi connectivity index (χ1v) is 6.82. The molecule has 18 heavy (non-hydrogen) atoms. The minimum atomic E-state index is -0.727. The lowest BCUT2D eigenvalue weighted by atomic mass is 9.97. The van der Waals surface area contributed by atoms with Crippen LogP contribution in [0.5, 0.6) is 0 Å². The molecule has 2 saturated heterocycles. The van der Waals surface area contributed by atoms with Gasteiger partial charge in [-0.2, -0.15) is 0 Å². The molecular weight excluding hydrogens is 232 g/mol. The third-order valence-corrected chi connectivity index (χ3v) is 4.23. The van der Waals surface area contributed by atoms with Crippen molar-refractivity contribution in [3.63, 3.8) is 0 Å². The number of rotatable bonds is 3. The molecule has 2 aliphatic rings. The van der Waals surface area contributed by atoms with Crippen LogP contribution >= 0.6 is 0 Å². The number of carboxylic acid groups (broad SMARTS) is 1. The van der Waals surface area contributed by atoms with E-state index < -0.39 is 5.97 Å². The molecule has 0 aromatic rings. The molecule has 2 heterocycles. The maximum atomic E-state index is 12.1.